The van der Waals surface area contributed by atoms with Gasteiger partial charge in [-0.3, -0.25) is 24.5 Å². The molecule has 0 aliphatic heterocycles. The van der Waals surface area contributed by atoms with Gasteiger partial charge in [-0.05, 0) is 56.2 Å². The van der Waals surface area contributed by atoms with Gasteiger partial charge in [-0.15, -0.1) is 0 Å². The predicted octanol–water partition coefficient (Wildman–Crippen LogP) is 2.65. The Hall–Kier alpha value is -3.82. The van der Waals surface area contributed by atoms with Crippen LogP contribution in [0.4, 0.5) is 15.8 Å². The Balaban J connectivity index is 1.88. The van der Waals surface area contributed by atoms with Gasteiger partial charge in [0.25, 0.3) is 11.8 Å². The van der Waals surface area contributed by atoms with E-state index in [4.69, 9.17) is 4.74 Å². The first-order valence-electron chi connectivity index (χ1n) is 8.88. The van der Waals surface area contributed by atoms with Crippen molar-refractivity contribution in [2.45, 2.75) is 26.9 Å². The summed E-state index contributed by atoms with van der Waals surface area (Å²) in [6, 6.07) is 7.93. The summed E-state index contributed by atoms with van der Waals surface area (Å²) < 4.78 is 18.3. The number of hydrogen-bond donors (Lipinski definition) is 2. The number of aryl methyl sites for hydroxylation is 2. The first kappa shape index (κ1) is 22.5. The first-order valence-corrected chi connectivity index (χ1v) is 8.88. The number of carbonyl (C=O) groups excluding carboxylic acids is 3. The van der Waals surface area contributed by atoms with E-state index in [-0.39, 0.29) is 5.69 Å². The topological polar surface area (TPSA) is 128 Å². The summed E-state index contributed by atoms with van der Waals surface area (Å²) in [6.07, 6.45) is -1.25. The largest absolute Gasteiger partial charge is 0.451 e. The lowest BCUT2D eigenvalue weighted by atomic mass is 10.1. The fraction of sp³-hybridized carbons (Fsp3) is 0.250. The summed E-state index contributed by atoms with van der Waals surface area (Å²) in [4.78, 5) is 45.9. The van der Waals surface area contributed by atoms with E-state index in [1.807, 2.05) is 13.8 Å². The number of nitro groups is 1. The molecule has 30 heavy (non-hydrogen) atoms. The molecule has 0 radical (unpaired) electrons. The zero-order valence-corrected chi connectivity index (χ0v) is 16.5. The highest BCUT2D eigenvalue weighted by Crippen LogP contribution is 2.21. The maximum absolute atomic E-state index is 13.3. The predicted molar refractivity (Wildman–Crippen MR) is 105 cm³/mol. The van der Waals surface area contributed by atoms with E-state index in [0.717, 1.165) is 29.3 Å². The number of nitro benzene ring substituents is 1. The van der Waals surface area contributed by atoms with E-state index in [1.165, 1.54) is 6.92 Å². The molecule has 0 fully saturated rings. The molecule has 1 atom stereocenters. The molecule has 2 rings (SSSR count). The molecule has 158 valence electrons. The molecule has 2 aromatic carbocycles. The minimum Gasteiger partial charge on any atom is -0.451 e. The molecule has 0 heterocycles. The minimum absolute atomic E-state index is 0.0287. The van der Waals surface area contributed by atoms with Crippen molar-refractivity contribution in [3.05, 3.63) is 69.0 Å². The van der Waals surface area contributed by atoms with Crippen LogP contribution in [-0.2, 0) is 14.3 Å². The van der Waals surface area contributed by atoms with Gasteiger partial charge in [0, 0.05) is 17.3 Å². The average Bonchev–Trinajstić information content (AvgIpc) is 2.69. The van der Waals surface area contributed by atoms with Crippen molar-refractivity contribution in [1.82, 2.24) is 5.32 Å². The zero-order valence-electron chi connectivity index (χ0n) is 16.5. The third kappa shape index (κ3) is 5.84. The van der Waals surface area contributed by atoms with Crippen LogP contribution in [0.2, 0.25) is 0 Å². The molecule has 2 N–H and O–H groups in total. The van der Waals surface area contributed by atoms with Gasteiger partial charge in [-0.25, -0.2) is 0 Å². The molecule has 2 amide bonds. The van der Waals surface area contributed by atoms with Crippen molar-refractivity contribution in [2.24, 2.45) is 0 Å². The van der Waals surface area contributed by atoms with Crippen LogP contribution in [0.1, 0.15) is 28.4 Å². The fourth-order valence-corrected chi connectivity index (χ4v) is 2.40. The van der Waals surface area contributed by atoms with Crippen molar-refractivity contribution in [1.29, 1.82) is 0 Å². The highest BCUT2D eigenvalue weighted by molar-refractivity contribution is 5.97. The monoisotopic (exact) mass is 417 g/mol. The number of esters is 1. The number of benzene rings is 2. The number of hydrogen-bond acceptors (Lipinski definition) is 6. The van der Waals surface area contributed by atoms with E-state index >= 15 is 0 Å². The Labute approximate surface area is 171 Å². The molecule has 0 saturated carbocycles. The normalized spacial score (nSPS) is 11.3. The molecule has 2 aromatic rings. The fourth-order valence-electron chi connectivity index (χ4n) is 2.40. The molecular formula is C20H20FN3O6. The molecule has 0 saturated heterocycles. The maximum Gasteiger partial charge on any atom is 0.326 e. The van der Waals surface area contributed by atoms with Gasteiger partial charge in [-0.1, -0.05) is 6.07 Å². The van der Waals surface area contributed by atoms with E-state index in [9.17, 15) is 28.9 Å². The van der Waals surface area contributed by atoms with Crippen LogP contribution in [0.3, 0.4) is 0 Å². The number of nitrogens with zero attached hydrogens (tertiary/aromatic N) is 1. The Morgan fingerprint density at radius 1 is 1.13 bits per heavy atom. The molecular weight excluding hydrogens is 397 g/mol. The molecule has 0 bridgehead atoms. The van der Waals surface area contributed by atoms with Crippen molar-refractivity contribution < 1.29 is 28.4 Å². The van der Waals surface area contributed by atoms with E-state index in [0.29, 0.717) is 5.56 Å². The van der Waals surface area contributed by atoms with Gasteiger partial charge in [0.2, 0.25) is 5.82 Å². The Morgan fingerprint density at radius 3 is 2.47 bits per heavy atom. The van der Waals surface area contributed by atoms with Crippen LogP contribution < -0.4 is 10.6 Å². The lowest BCUT2D eigenvalue weighted by Crippen LogP contribution is -2.35. The van der Waals surface area contributed by atoms with Crippen molar-refractivity contribution >= 4 is 29.2 Å². The summed E-state index contributed by atoms with van der Waals surface area (Å²) in [5.74, 6) is -3.13. The number of ether oxygens (including phenoxy) is 1. The van der Waals surface area contributed by atoms with Crippen LogP contribution >= 0.6 is 0 Å². The summed E-state index contributed by atoms with van der Waals surface area (Å²) in [5, 5.41) is 15.5. The van der Waals surface area contributed by atoms with Gasteiger partial charge < -0.3 is 15.4 Å². The lowest BCUT2D eigenvalue weighted by molar-refractivity contribution is -0.387. The van der Waals surface area contributed by atoms with Crippen molar-refractivity contribution in [3.63, 3.8) is 0 Å². The second kappa shape index (κ2) is 9.59. The molecule has 0 aliphatic rings. The smallest absolute Gasteiger partial charge is 0.326 e. The molecule has 10 heteroatoms. The van der Waals surface area contributed by atoms with Crippen molar-refractivity contribution in [3.8, 4) is 0 Å². The number of rotatable bonds is 7. The molecule has 0 aromatic heterocycles. The third-order valence-corrected chi connectivity index (χ3v) is 4.25. The van der Waals surface area contributed by atoms with Gasteiger partial charge in [-0.2, -0.15) is 4.39 Å². The summed E-state index contributed by atoms with van der Waals surface area (Å²) in [5.41, 5.74) is 1.51. The number of anilines is 1. The second-order valence-corrected chi connectivity index (χ2v) is 6.53. The Morgan fingerprint density at radius 2 is 1.83 bits per heavy atom. The van der Waals surface area contributed by atoms with Crippen LogP contribution in [0, 0.1) is 29.8 Å². The summed E-state index contributed by atoms with van der Waals surface area (Å²) in [7, 11) is 0. The van der Waals surface area contributed by atoms with Crippen LogP contribution in [0.15, 0.2) is 36.4 Å². The number of amides is 2. The number of carbonyl (C=O) groups is 3. The highest BCUT2D eigenvalue weighted by Gasteiger charge is 2.21. The van der Waals surface area contributed by atoms with E-state index in [1.54, 1.807) is 18.2 Å². The number of nitrogens with one attached hydrogen (secondary N) is 2. The van der Waals surface area contributed by atoms with Gasteiger partial charge >= 0.3 is 11.7 Å². The highest BCUT2D eigenvalue weighted by atomic mass is 19.1. The summed E-state index contributed by atoms with van der Waals surface area (Å²) in [6.45, 7) is 4.60. The number of halogens is 1. The van der Waals surface area contributed by atoms with Gasteiger partial charge in [0.05, 0.1) is 4.92 Å². The maximum atomic E-state index is 13.3. The Bertz CT molecular complexity index is 1010. The van der Waals surface area contributed by atoms with Crippen LogP contribution in [-0.4, -0.2) is 35.4 Å². The van der Waals surface area contributed by atoms with E-state index < -0.39 is 46.9 Å². The quantitative estimate of drug-likeness (QED) is 0.405. The Kier molecular flexibility index (Phi) is 7.18. The first-order chi connectivity index (χ1) is 14.1. The average molecular weight is 417 g/mol. The molecule has 0 spiro atoms. The third-order valence-electron chi connectivity index (χ3n) is 4.25. The van der Waals surface area contributed by atoms with Crippen LogP contribution in [0.5, 0.6) is 0 Å². The second-order valence-electron chi connectivity index (χ2n) is 6.53. The molecule has 0 unspecified atom stereocenters. The lowest BCUT2D eigenvalue weighted by Gasteiger charge is -2.14. The minimum atomic E-state index is -1.25. The molecule has 9 nitrogen and oxygen atoms in total. The zero-order chi connectivity index (χ0) is 22.4. The van der Waals surface area contributed by atoms with Gasteiger partial charge in [0.15, 0.2) is 6.10 Å². The van der Waals surface area contributed by atoms with Gasteiger partial charge in [0.1, 0.15) is 6.54 Å². The summed E-state index contributed by atoms with van der Waals surface area (Å²) >= 11 is 0. The van der Waals surface area contributed by atoms with E-state index in [2.05, 4.69) is 10.6 Å². The standard InChI is InChI=1S/C20H20FN3O6/c1-11-4-5-14(8-12(11)2)20(27)22-10-18(25)30-13(3)19(26)23-15-6-7-16(21)17(9-15)24(28)29/h4-9,13H,10H2,1-3H3,(H,22,27)(H,23,26)/t13-/m0/s1. The van der Waals surface area contributed by atoms with Crippen LogP contribution in [0.25, 0.3) is 0 Å². The SMILES string of the molecule is Cc1ccc(C(=O)NCC(=O)O[C@@H](C)C(=O)Nc2ccc(F)c([N+](=O)[O-])c2)cc1C. The molecule has 0 aliphatic carbocycles. The van der Waals surface area contributed by atoms with Crippen molar-refractivity contribution in [2.75, 3.05) is 11.9 Å².